The van der Waals surface area contributed by atoms with E-state index in [1.165, 1.54) is 0 Å². The van der Waals surface area contributed by atoms with Crippen molar-refractivity contribution in [1.82, 2.24) is 5.32 Å². The lowest BCUT2D eigenvalue weighted by atomic mass is 10.0. The van der Waals surface area contributed by atoms with Gasteiger partial charge in [-0.25, -0.2) is 0 Å². The molecule has 2 aromatic carbocycles. The van der Waals surface area contributed by atoms with E-state index in [9.17, 15) is 14.4 Å². The molecule has 1 fully saturated rings. The van der Waals surface area contributed by atoms with Gasteiger partial charge in [-0.15, -0.1) is 0 Å². The molecule has 3 amide bonds. The van der Waals surface area contributed by atoms with E-state index in [0.29, 0.717) is 23.6 Å². The third kappa shape index (κ3) is 5.08. The van der Waals surface area contributed by atoms with Crippen LogP contribution in [-0.2, 0) is 19.1 Å². The number of carbonyl (C=O) groups excluding carboxylic acids is 3. The molecule has 0 aliphatic carbocycles. The van der Waals surface area contributed by atoms with Crippen LogP contribution in [0.5, 0.6) is 0 Å². The Balaban J connectivity index is 1.48. The molecule has 0 spiro atoms. The summed E-state index contributed by atoms with van der Waals surface area (Å²) in [5.74, 6) is -0.812. The summed E-state index contributed by atoms with van der Waals surface area (Å²) in [5.41, 5.74) is 2.98. The third-order valence-corrected chi connectivity index (χ3v) is 5.81. The van der Waals surface area contributed by atoms with Gasteiger partial charge in [0.05, 0.1) is 30.4 Å². The highest BCUT2D eigenvalue weighted by Crippen LogP contribution is 2.32. The minimum Gasteiger partial charge on any atom is -0.376 e. The van der Waals surface area contributed by atoms with E-state index in [4.69, 9.17) is 4.74 Å². The molecule has 32 heavy (non-hydrogen) atoms. The minimum atomic E-state index is -0.803. The van der Waals surface area contributed by atoms with Gasteiger partial charge < -0.3 is 25.6 Å². The molecular formula is C24H28N4O4. The molecule has 3 N–H and O–H groups in total. The molecule has 8 nitrogen and oxygen atoms in total. The van der Waals surface area contributed by atoms with Crippen LogP contribution < -0.4 is 20.9 Å². The zero-order valence-electron chi connectivity index (χ0n) is 18.1. The summed E-state index contributed by atoms with van der Waals surface area (Å²) in [6.45, 7) is 3.04. The number of para-hydroxylation sites is 3. The maximum absolute atomic E-state index is 12.9. The van der Waals surface area contributed by atoms with Crippen LogP contribution in [0.4, 0.5) is 17.1 Å². The van der Waals surface area contributed by atoms with Gasteiger partial charge in [-0.3, -0.25) is 14.4 Å². The van der Waals surface area contributed by atoms with Crippen LogP contribution in [-0.4, -0.2) is 49.6 Å². The highest BCUT2D eigenvalue weighted by molar-refractivity contribution is 6.07. The van der Waals surface area contributed by atoms with Crippen LogP contribution in [0.1, 0.15) is 24.8 Å². The van der Waals surface area contributed by atoms with E-state index >= 15 is 0 Å². The molecule has 2 atom stereocenters. The molecule has 0 saturated carbocycles. The van der Waals surface area contributed by atoms with Crippen molar-refractivity contribution in [3.8, 4) is 0 Å². The molecule has 0 radical (unpaired) electrons. The number of ether oxygens (including phenoxy) is 1. The van der Waals surface area contributed by atoms with Gasteiger partial charge in [-0.2, -0.15) is 0 Å². The highest BCUT2D eigenvalue weighted by Gasteiger charge is 2.35. The second-order valence-electron chi connectivity index (χ2n) is 8.16. The maximum Gasteiger partial charge on any atom is 0.247 e. The van der Waals surface area contributed by atoms with Crippen LogP contribution in [0.25, 0.3) is 0 Å². The topological polar surface area (TPSA) is 99.8 Å². The van der Waals surface area contributed by atoms with Gasteiger partial charge in [0.15, 0.2) is 0 Å². The number of anilines is 3. The maximum atomic E-state index is 12.9. The summed E-state index contributed by atoms with van der Waals surface area (Å²) in [4.78, 5) is 40.1. The van der Waals surface area contributed by atoms with E-state index in [1.807, 2.05) is 49.4 Å². The Morgan fingerprint density at radius 2 is 1.91 bits per heavy atom. The smallest absolute Gasteiger partial charge is 0.247 e. The zero-order valence-corrected chi connectivity index (χ0v) is 18.1. The molecule has 0 bridgehead atoms. The molecule has 0 unspecified atom stereocenters. The number of nitrogens with one attached hydrogen (secondary N) is 3. The molecule has 2 aliphatic heterocycles. The third-order valence-electron chi connectivity index (χ3n) is 5.81. The number of hydrogen-bond donors (Lipinski definition) is 3. The molecule has 2 aromatic rings. The number of carbonyl (C=O) groups is 3. The average Bonchev–Trinajstić information content (AvgIpc) is 3.30. The van der Waals surface area contributed by atoms with Gasteiger partial charge in [-0.05, 0) is 43.5 Å². The highest BCUT2D eigenvalue weighted by atomic mass is 16.5. The predicted molar refractivity (Wildman–Crippen MR) is 123 cm³/mol. The second kappa shape index (κ2) is 9.82. The van der Waals surface area contributed by atoms with Gasteiger partial charge in [0.1, 0.15) is 6.04 Å². The molecule has 1 saturated heterocycles. The van der Waals surface area contributed by atoms with E-state index in [1.54, 1.807) is 11.0 Å². The first kappa shape index (κ1) is 21.8. The van der Waals surface area contributed by atoms with Gasteiger partial charge in [0, 0.05) is 18.8 Å². The van der Waals surface area contributed by atoms with Crippen molar-refractivity contribution in [2.24, 2.45) is 0 Å². The van der Waals surface area contributed by atoms with E-state index in [-0.39, 0.29) is 36.8 Å². The summed E-state index contributed by atoms with van der Waals surface area (Å²) < 4.78 is 5.56. The molecule has 168 valence electrons. The first-order valence-electron chi connectivity index (χ1n) is 10.9. The van der Waals surface area contributed by atoms with Crippen LogP contribution in [0.3, 0.4) is 0 Å². The van der Waals surface area contributed by atoms with Gasteiger partial charge in [-0.1, -0.05) is 30.3 Å². The normalized spacial score (nSPS) is 19.8. The van der Waals surface area contributed by atoms with Crippen molar-refractivity contribution in [3.05, 3.63) is 54.1 Å². The van der Waals surface area contributed by atoms with Crippen molar-refractivity contribution >= 4 is 34.8 Å². The monoisotopic (exact) mass is 436 g/mol. The fraction of sp³-hybridized carbons (Fsp3) is 0.375. The summed E-state index contributed by atoms with van der Waals surface area (Å²) in [6.07, 6.45) is 1.88. The van der Waals surface area contributed by atoms with E-state index < -0.39 is 6.04 Å². The lowest BCUT2D eigenvalue weighted by Crippen LogP contribution is -2.53. The number of hydrogen-bond acceptors (Lipinski definition) is 5. The summed E-state index contributed by atoms with van der Waals surface area (Å²) in [5, 5.41) is 8.63. The van der Waals surface area contributed by atoms with E-state index in [0.717, 1.165) is 25.0 Å². The Morgan fingerprint density at radius 3 is 2.69 bits per heavy atom. The van der Waals surface area contributed by atoms with Crippen molar-refractivity contribution in [2.75, 3.05) is 35.2 Å². The average molecular weight is 437 g/mol. The Hall–Kier alpha value is -3.39. The van der Waals surface area contributed by atoms with Gasteiger partial charge in [0.25, 0.3) is 0 Å². The SMILES string of the molecule is Cc1ccccc1NC(=O)C[C@@H]1C(=O)Nc2ccccc2N1CC(=O)NC[C@@H]1CCCO1. The van der Waals surface area contributed by atoms with Crippen LogP contribution in [0, 0.1) is 6.92 Å². The Labute approximate surface area is 187 Å². The molecule has 8 heteroatoms. The summed E-state index contributed by atoms with van der Waals surface area (Å²) in [6, 6.07) is 14.0. The van der Waals surface area contributed by atoms with Crippen molar-refractivity contribution < 1.29 is 19.1 Å². The molecule has 2 aliphatic rings. The lowest BCUT2D eigenvalue weighted by Gasteiger charge is -2.37. The Bertz CT molecular complexity index is 1000. The lowest BCUT2D eigenvalue weighted by molar-refractivity contribution is -0.123. The number of amides is 3. The largest absolute Gasteiger partial charge is 0.376 e. The number of fused-ring (bicyclic) bond motifs is 1. The summed E-state index contributed by atoms with van der Waals surface area (Å²) in [7, 11) is 0. The quantitative estimate of drug-likeness (QED) is 0.619. The number of rotatable bonds is 7. The van der Waals surface area contributed by atoms with E-state index in [2.05, 4.69) is 16.0 Å². The number of nitrogens with zero attached hydrogens (tertiary/aromatic N) is 1. The fourth-order valence-corrected chi connectivity index (χ4v) is 4.09. The van der Waals surface area contributed by atoms with Crippen molar-refractivity contribution in [2.45, 2.75) is 38.3 Å². The molecular weight excluding hydrogens is 408 g/mol. The number of benzene rings is 2. The fourth-order valence-electron chi connectivity index (χ4n) is 4.09. The first-order chi connectivity index (χ1) is 15.5. The number of aryl methyl sites for hydroxylation is 1. The molecule has 0 aromatic heterocycles. The summed E-state index contributed by atoms with van der Waals surface area (Å²) >= 11 is 0. The van der Waals surface area contributed by atoms with Crippen molar-refractivity contribution in [3.63, 3.8) is 0 Å². The second-order valence-corrected chi connectivity index (χ2v) is 8.16. The minimum absolute atomic E-state index is 0.0283. The van der Waals surface area contributed by atoms with Crippen LogP contribution in [0.2, 0.25) is 0 Å². The standard InChI is InChI=1S/C24H28N4O4/c1-16-7-2-3-9-18(16)26-22(29)13-21-24(31)27-19-10-4-5-11-20(19)28(21)15-23(30)25-14-17-8-6-12-32-17/h2-5,7,9-11,17,21H,6,8,12-15H2,1H3,(H,25,30)(H,26,29)(H,27,31)/t17-,21+/m0/s1. The van der Waals surface area contributed by atoms with Gasteiger partial charge in [0.2, 0.25) is 17.7 Å². The van der Waals surface area contributed by atoms with Crippen molar-refractivity contribution in [1.29, 1.82) is 0 Å². The zero-order chi connectivity index (χ0) is 22.5. The first-order valence-corrected chi connectivity index (χ1v) is 10.9. The van der Waals surface area contributed by atoms with Crippen LogP contribution in [0.15, 0.2) is 48.5 Å². The molecule has 4 rings (SSSR count). The molecule has 2 heterocycles. The van der Waals surface area contributed by atoms with Gasteiger partial charge >= 0.3 is 0 Å². The predicted octanol–water partition coefficient (Wildman–Crippen LogP) is 2.45. The van der Waals surface area contributed by atoms with Crippen LogP contribution >= 0.6 is 0 Å². The Morgan fingerprint density at radius 1 is 1.12 bits per heavy atom. The Kier molecular flexibility index (Phi) is 6.70.